The highest BCUT2D eigenvalue weighted by molar-refractivity contribution is 6.29. The smallest absolute Gasteiger partial charge is 0.129 e. The molecule has 0 radical (unpaired) electrons. The van der Waals surface area contributed by atoms with Gasteiger partial charge in [0.25, 0.3) is 0 Å². The summed E-state index contributed by atoms with van der Waals surface area (Å²) < 4.78 is 5.48. The Labute approximate surface area is 94.8 Å². The summed E-state index contributed by atoms with van der Waals surface area (Å²) in [6.07, 6.45) is 1.87. The van der Waals surface area contributed by atoms with Crippen LogP contribution in [0.1, 0.15) is 25.5 Å². The van der Waals surface area contributed by atoms with Crippen molar-refractivity contribution in [3.8, 4) is 0 Å². The highest BCUT2D eigenvalue weighted by Crippen LogP contribution is 2.14. The molecule has 1 atom stereocenters. The predicted molar refractivity (Wildman–Crippen MR) is 60.4 cm³/mol. The third kappa shape index (κ3) is 4.13. The van der Waals surface area contributed by atoms with Crippen LogP contribution in [-0.2, 0) is 4.74 Å². The lowest BCUT2D eigenvalue weighted by molar-refractivity contribution is 0.0611. The van der Waals surface area contributed by atoms with Crippen molar-refractivity contribution >= 4 is 11.6 Å². The maximum absolute atomic E-state index is 5.69. The van der Waals surface area contributed by atoms with Crippen molar-refractivity contribution in [1.82, 2.24) is 10.4 Å². The molecule has 0 amide bonds. The third-order valence-corrected chi connectivity index (χ3v) is 2.17. The van der Waals surface area contributed by atoms with Crippen LogP contribution in [0.3, 0.4) is 0 Å². The number of nitrogens with one attached hydrogen (secondary N) is 1. The molecule has 1 heterocycles. The molecule has 0 spiro atoms. The summed E-state index contributed by atoms with van der Waals surface area (Å²) in [6.45, 7) is 4.47. The van der Waals surface area contributed by atoms with Gasteiger partial charge in [-0.2, -0.15) is 0 Å². The minimum Gasteiger partial charge on any atom is -0.377 e. The fraction of sp³-hybridized carbons (Fsp3) is 0.500. The number of nitrogens with zero attached hydrogens (tertiary/aromatic N) is 1. The second-order valence-electron chi connectivity index (χ2n) is 3.52. The SMILES string of the molecule is CC(C)OCC(NN)c1ccc(Cl)nc1. The molecule has 3 N–H and O–H groups in total. The molecular formula is C10H16ClN3O. The van der Waals surface area contributed by atoms with Gasteiger partial charge in [-0.3, -0.25) is 11.3 Å². The Kier molecular flexibility index (Phi) is 4.98. The van der Waals surface area contributed by atoms with Gasteiger partial charge in [-0.25, -0.2) is 4.98 Å². The lowest BCUT2D eigenvalue weighted by atomic mass is 10.1. The van der Waals surface area contributed by atoms with E-state index in [1.165, 1.54) is 0 Å². The molecule has 0 aliphatic heterocycles. The van der Waals surface area contributed by atoms with Crippen molar-refractivity contribution in [2.45, 2.75) is 26.0 Å². The van der Waals surface area contributed by atoms with Gasteiger partial charge in [0.1, 0.15) is 5.15 Å². The first kappa shape index (κ1) is 12.4. The molecule has 0 fully saturated rings. The van der Waals surface area contributed by atoms with Gasteiger partial charge in [0, 0.05) is 6.20 Å². The third-order valence-electron chi connectivity index (χ3n) is 1.95. The number of hydrogen-bond donors (Lipinski definition) is 2. The maximum atomic E-state index is 5.69. The van der Waals surface area contributed by atoms with E-state index in [0.717, 1.165) is 5.56 Å². The van der Waals surface area contributed by atoms with Crippen LogP contribution in [0, 0.1) is 0 Å². The van der Waals surface area contributed by atoms with E-state index < -0.39 is 0 Å². The standard InChI is InChI=1S/C10H16ClN3O/c1-7(2)15-6-9(14-12)8-3-4-10(11)13-5-8/h3-5,7,9,14H,6,12H2,1-2H3. The number of hydrogen-bond acceptors (Lipinski definition) is 4. The molecule has 0 bridgehead atoms. The van der Waals surface area contributed by atoms with Crippen molar-refractivity contribution in [3.63, 3.8) is 0 Å². The van der Waals surface area contributed by atoms with Crippen molar-refractivity contribution in [1.29, 1.82) is 0 Å². The van der Waals surface area contributed by atoms with E-state index in [1.807, 2.05) is 19.9 Å². The zero-order chi connectivity index (χ0) is 11.3. The van der Waals surface area contributed by atoms with Crippen LogP contribution >= 0.6 is 11.6 Å². The van der Waals surface area contributed by atoms with Gasteiger partial charge in [-0.15, -0.1) is 0 Å². The minimum absolute atomic E-state index is 0.0582. The number of nitrogens with two attached hydrogens (primary N) is 1. The average Bonchev–Trinajstić information content (AvgIpc) is 2.21. The largest absolute Gasteiger partial charge is 0.377 e. The first-order valence-electron chi connectivity index (χ1n) is 4.82. The number of aromatic nitrogens is 1. The summed E-state index contributed by atoms with van der Waals surface area (Å²) in [5.41, 5.74) is 3.65. The fourth-order valence-corrected chi connectivity index (χ4v) is 1.23. The summed E-state index contributed by atoms with van der Waals surface area (Å²) >= 11 is 5.69. The highest BCUT2D eigenvalue weighted by atomic mass is 35.5. The fourth-order valence-electron chi connectivity index (χ4n) is 1.12. The van der Waals surface area contributed by atoms with Crippen molar-refractivity contribution in [2.24, 2.45) is 5.84 Å². The quantitative estimate of drug-likeness (QED) is 0.458. The summed E-state index contributed by atoms with van der Waals surface area (Å²) in [7, 11) is 0. The van der Waals surface area contributed by atoms with E-state index in [1.54, 1.807) is 12.3 Å². The molecule has 5 heteroatoms. The van der Waals surface area contributed by atoms with E-state index in [2.05, 4.69) is 10.4 Å². The lowest BCUT2D eigenvalue weighted by Gasteiger charge is -2.17. The van der Waals surface area contributed by atoms with E-state index in [4.69, 9.17) is 22.2 Å². The van der Waals surface area contributed by atoms with Gasteiger partial charge < -0.3 is 4.74 Å². The molecule has 0 saturated heterocycles. The molecule has 84 valence electrons. The van der Waals surface area contributed by atoms with Crippen LogP contribution in [0.25, 0.3) is 0 Å². The van der Waals surface area contributed by atoms with Gasteiger partial charge in [0.2, 0.25) is 0 Å². The number of pyridine rings is 1. The molecule has 0 aliphatic carbocycles. The highest BCUT2D eigenvalue weighted by Gasteiger charge is 2.10. The first-order chi connectivity index (χ1) is 7.13. The van der Waals surface area contributed by atoms with Gasteiger partial charge >= 0.3 is 0 Å². The van der Waals surface area contributed by atoms with Crippen molar-refractivity contribution in [2.75, 3.05) is 6.61 Å². The molecule has 0 saturated carbocycles. The monoisotopic (exact) mass is 229 g/mol. The second-order valence-corrected chi connectivity index (χ2v) is 3.90. The molecule has 0 aromatic carbocycles. The second kappa shape index (κ2) is 6.02. The Bertz CT molecular complexity index is 289. The summed E-state index contributed by atoms with van der Waals surface area (Å²) in [5, 5.41) is 0.472. The van der Waals surface area contributed by atoms with Crippen LogP contribution in [0.5, 0.6) is 0 Å². The molecule has 1 aromatic heterocycles. The van der Waals surface area contributed by atoms with Crippen LogP contribution in [0.4, 0.5) is 0 Å². The van der Waals surface area contributed by atoms with Gasteiger partial charge in [0.05, 0.1) is 18.8 Å². The zero-order valence-corrected chi connectivity index (χ0v) is 9.66. The molecule has 4 nitrogen and oxygen atoms in total. The summed E-state index contributed by atoms with van der Waals surface area (Å²) in [6, 6.07) is 3.55. The van der Waals surface area contributed by atoms with E-state index in [0.29, 0.717) is 11.8 Å². The Morgan fingerprint density at radius 3 is 2.73 bits per heavy atom. The van der Waals surface area contributed by atoms with Crippen LogP contribution in [-0.4, -0.2) is 17.7 Å². The van der Waals surface area contributed by atoms with E-state index in [9.17, 15) is 0 Å². The average molecular weight is 230 g/mol. The topological polar surface area (TPSA) is 60.2 Å². The molecule has 15 heavy (non-hydrogen) atoms. The number of hydrazine groups is 1. The van der Waals surface area contributed by atoms with Gasteiger partial charge in [-0.05, 0) is 25.5 Å². The van der Waals surface area contributed by atoms with Crippen molar-refractivity contribution in [3.05, 3.63) is 29.0 Å². The Morgan fingerprint density at radius 2 is 2.27 bits per heavy atom. The number of ether oxygens (including phenoxy) is 1. The molecule has 1 aromatic rings. The molecular weight excluding hydrogens is 214 g/mol. The van der Waals surface area contributed by atoms with Crippen molar-refractivity contribution < 1.29 is 4.74 Å². The van der Waals surface area contributed by atoms with Crippen LogP contribution < -0.4 is 11.3 Å². The molecule has 1 rings (SSSR count). The summed E-state index contributed by atoms with van der Waals surface area (Å²) in [5.74, 6) is 5.44. The van der Waals surface area contributed by atoms with E-state index >= 15 is 0 Å². The Morgan fingerprint density at radius 1 is 1.53 bits per heavy atom. The number of rotatable bonds is 5. The summed E-state index contributed by atoms with van der Waals surface area (Å²) in [4.78, 5) is 3.99. The van der Waals surface area contributed by atoms with Gasteiger partial charge in [0.15, 0.2) is 0 Å². The van der Waals surface area contributed by atoms with Gasteiger partial charge in [-0.1, -0.05) is 17.7 Å². The van der Waals surface area contributed by atoms with E-state index in [-0.39, 0.29) is 12.1 Å². The zero-order valence-electron chi connectivity index (χ0n) is 8.90. The van der Waals surface area contributed by atoms with Crippen LogP contribution in [0.2, 0.25) is 5.15 Å². The molecule has 0 aliphatic rings. The minimum atomic E-state index is -0.0582. The maximum Gasteiger partial charge on any atom is 0.129 e. The van der Waals surface area contributed by atoms with Crippen LogP contribution in [0.15, 0.2) is 18.3 Å². The first-order valence-corrected chi connectivity index (χ1v) is 5.20. The Balaban J connectivity index is 2.61. The predicted octanol–water partition coefficient (Wildman–Crippen LogP) is 1.66. The molecule has 1 unspecified atom stereocenters. The normalized spacial score (nSPS) is 13.1. The Hall–Kier alpha value is -0.680. The lowest BCUT2D eigenvalue weighted by Crippen LogP contribution is -2.32. The number of halogens is 1.